The Morgan fingerprint density at radius 1 is 1.53 bits per heavy atom. The summed E-state index contributed by atoms with van der Waals surface area (Å²) in [6.45, 7) is 6.62. The molecule has 5 heteroatoms. The largest absolute Gasteiger partial charge is 0.351 e. The van der Waals surface area contributed by atoms with Crippen LogP contribution in [0.15, 0.2) is 12.1 Å². The summed E-state index contributed by atoms with van der Waals surface area (Å²) in [5.41, 5.74) is 5.89. The normalized spacial score (nSPS) is 13.5. The second-order valence-electron chi connectivity index (χ2n) is 5.16. The average molecular weight is 275 g/mol. The minimum atomic E-state index is -0.130. The Hall–Kier alpha value is -0.580. The molecule has 1 rings (SSSR count). The van der Waals surface area contributed by atoms with E-state index < -0.39 is 0 Å². The Bertz CT molecular complexity index is 384. The molecule has 96 valence electrons. The van der Waals surface area contributed by atoms with E-state index in [2.05, 4.69) is 5.32 Å². The topological polar surface area (TPSA) is 55.1 Å². The standard InChI is InChI=1S/C12H19ClN2OS/c1-12(2,3)9(14)6-11(16)15-7-8-4-5-10(13)17-8/h4-5,9H,6-7,14H2,1-3H3,(H,15,16). The van der Waals surface area contributed by atoms with E-state index in [0.29, 0.717) is 13.0 Å². The summed E-state index contributed by atoms with van der Waals surface area (Å²) in [6, 6.07) is 3.61. The van der Waals surface area contributed by atoms with Gasteiger partial charge in [-0.2, -0.15) is 0 Å². The molecule has 1 atom stereocenters. The number of hydrogen-bond acceptors (Lipinski definition) is 3. The summed E-state index contributed by atoms with van der Waals surface area (Å²) >= 11 is 7.28. The molecular weight excluding hydrogens is 256 g/mol. The highest BCUT2D eigenvalue weighted by atomic mass is 35.5. The Labute approximate surface area is 111 Å². The highest BCUT2D eigenvalue weighted by Crippen LogP contribution is 2.22. The molecule has 0 aliphatic heterocycles. The van der Waals surface area contributed by atoms with Gasteiger partial charge in [0, 0.05) is 17.3 Å². The van der Waals surface area contributed by atoms with Crippen LogP contribution in [0, 0.1) is 5.41 Å². The minimum Gasteiger partial charge on any atom is -0.351 e. The van der Waals surface area contributed by atoms with E-state index in [4.69, 9.17) is 17.3 Å². The van der Waals surface area contributed by atoms with Crippen molar-refractivity contribution in [2.75, 3.05) is 0 Å². The van der Waals surface area contributed by atoms with Crippen molar-refractivity contribution in [3.63, 3.8) is 0 Å². The number of nitrogens with two attached hydrogens (primary N) is 1. The lowest BCUT2D eigenvalue weighted by atomic mass is 9.85. The molecule has 1 unspecified atom stereocenters. The third kappa shape index (κ3) is 5.06. The van der Waals surface area contributed by atoms with Crippen molar-refractivity contribution >= 4 is 28.8 Å². The Morgan fingerprint density at radius 2 is 2.18 bits per heavy atom. The average Bonchev–Trinajstić information content (AvgIpc) is 2.60. The molecule has 0 saturated carbocycles. The number of halogens is 1. The summed E-state index contributed by atoms with van der Waals surface area (Å²) in [5, 5.41) is 2.85. The van der Waals surface area contributed by atoms with Crippen LogP contribution in [0.25, 0.3) is 0 Å². The molecule has 0 fully saturated rings. The van der Waals surface area contributed by atoms with Crippen LogP contribution in [-0.4, -0.2) is 11.9 Å². The van der Waals surface area contributed by atoms with Gasteiger partial charge in [-0.3, -0.25) is 4.79 Å². The van der Waals surface area contributed by atoms with Crippen LogP contribution in [0.3, 0.4) is 0 Å². The van der Waals surface area contributed by atoms with Crippen LogP contribution in [0.5, 0.6) is 0 Å². The molecule has 1 aromatic rings. The molecule has 0 saturated heterocycles. The highest BCUT2D eigenvalue weighted by molar-refractivity contribution is 7.16. The second kappa shape index (κ2) is 5.85. The molecule has 0 aromatic carbocycles. The maximum atomic E-state index is 11.7. The van der Waals surface area contributed by atoms with Crippen molar-refractivity contribution in [3.8, 4) is 0 Å². The lowest BCUT2D eigenvalue weighted by Crippen LogP contribution is -2.39. The molecule has 17 heavy (non-hydrogen) atoms. The van der Waals surface area contributed by atoms with Crippen molar-refractivity contribution in [3.05, 3.63) is 21.3 Å². The van der Waals surface area contributed by atoms with E-state index >= 15 is 0 Å². The van der Waals surface area contributed by atoms with Crippen LogP contribution >= 0.6 is 22.9 Å². The van der Waals surface area contributed by atoms with Gasteiger partial charge in [-0.25, -0.2) is 0 Å². The Balaban J connectivity index is 2.36. The Kier molecular flexibility index (Phi) is 4.98. The summed E-state index contributed by atoms with van der Waals surface area (Å²) in [4.78, 5) is 12.7. The number of rotatable bonds is 4. The monoisotopic (exact) mass is 274 g/mol. The molecule has 3 nitrogen and oxygen atoms in total. The van der Waals surface area contributed by atoms with E-state index in [0.717, 1.165) is 9.21 Å². The van der Waals surface area contributed by atoms with Crippen LogP contribution in [0.1, 0.15) is 32.1 Å². The van der Waals surface area contributed by atoms with Crippen LogP contribution < -0.4 is 11.1 Å². The lowest BCUT2D eigenvalue weighted by Gasteiger charge is -2.26. The van der Waals surface area contributed by atoms with Gasteiger partial charge in [0.2, 0.25) is 5.91 Å². The minimum absolute atomic E-state index is 0.0167. The number of hydrogen-bond donors (Lipinski definition) is 2. The third-order valence-corrected chi connectivity index (χ3v) is 3.84. The van der Waals surface area contributed by atoms with Crippen molar-refractivity contribution < 1.29 is 4.79 Å². The molecular formula is C12H19ClN2OS. The van der Waals surface area contributed by atoms with Gasteiger partial charge in [0.05, 0.1) is 10.9 Å². The molecule has 1 amide bonds. The molecule has 0 bridgehead atoms. The molecule has 0 aliphatic carbocycles. The summed E-state index contributed by atoms with van der Waals surface area (Å²) in [6.07, 6.45) is 0.350. The fraction of sp³-hybridized carbons (Fsp3) is 0.583. The van der Waals surface area contributed by atoms with E-state index in [9.17, 15) is 4.79 Å². The number of thiophene rings is 1. The smallest absolute Gasteiger partial charge is 0.221 e. The van der Waals surface area contributed by atoms with Crippen molar-refractivity contribution in [2.45, 2.75) is 39.8 Å². The zero-order chi connectivity index (χ0) is 13.1. The zero-order valence-corrected chi connectivity index (χ0v) is 12.0. The summed E-state index contributed by atoms with van der Waals surface area (Å²) in [5.74, 6) is -0.0167. The Morgan fingerprint density at radius 3 is 2.65 bits per heavy atom. The summed E-state index contributed by atoms with van der Waals surface area (Å²) in [7, 11) is 0. The van der Waals surface area contributed by atoms with E-state index in [1.807, 2.05) is 32.9 Å². The first-order valence-electron chi connectivity index (χ1n) is 5.55. The first-order chi connectivity index (χ1) is 7.79. The van der Waals surface area contributed by atoms with Gasteiger partial charge < -0.3 is 11.1 Å². The second-order valence-corrected chi connectivity index (χ2v) is 6.96. The van der Waals surface area contributed by atoms with Gasteiger partial charge in [-0.05, 0) is 17.5 Å². The first kappa shape index (κ1) is 14.5. The molecule has 0 spiro atoms. The predicted molar refractivity (Wildman–Crippen MR) is 73.2 cm³/mol. The SMILES string of the molecule is CC(C)(C)C(N)CC(=O)NCc1ccc(Cl)s1. The van der Waals surface area contributed by atoms with Gasteiger partial charge in [0.1, 0.15) is 0 Å². The van der Waals surface area contributed by atoms with Gasteiger partial charge in [-0.15, -0.1) is 11.3 Å². The van der Waals surface area contributed by atoms with Gasteiger partial charge in [0.15, 0.2) is 0 Å². The fourth-order valence-corrected chi connectivity index (χ4v) is 2.24. The maximum Gasteiger partial charge on any atom is 0.221 e. The predicted octanol–water partition coefficient (Wildman–Crippen LogP) is 2.78. The fourth-order valence-electron chi connectivity index (χ4n) is 1.21. The summed E-state index contributed by atoms with van der Waals surface area (Å²) < 4.78 is 0.737. The zero-order valence-electron chi connectivity index (χ0n) is 10.4. The van der Waals surface area contributed by atoms with Gasteiger partial charge in [-0.1, -0.05) is 32.4 Å². The number of amides is 1. The highest BCUT2D eigenvalue weighted by Gasteiger charge is 2.22. The number of carbonyl (C=O) groups is 1. The third-order valence-electron chi connectivity index (χ3n) is 2.61. The molecule has 1 heterocycles. The lowest BCUT2D eigenvalue weighted by molar-refractivity contribution is -0.122. The number of carbonyl (C=O) groups excluding carboxylic acids is 1. The van der Waals surface area contributed by atoms with Crippen molar-refractivity contribution in [1.82, 2.24) is 5.32 Å². The molecule has 3 N–H and O–H groups in total. The van der Waals surface area contributed by atoms with Crippen molar-refractivity contribution in [2.24, 2.45) is 11.1 Å². The van der Waals surface area contributed by atoms with E-state index in [1.54, 1.807) is 0 Å². The van der Waals surface area contributed by atoms with E-state index in [1.165, 1.54) is 11.3 Å². The van der Waals surface area contributed by atoms with Crippen LogP contribution in [0.2, 0.25) is 4.34 Å². The number of nitrogens with one attached hydrogen (secondary N) is 1. The van der Waals surface area contributed by atoms with Crippen LogP contribution in [-0.2, 0) is 11.3 Å². The van der Waals surface area contributed by atoms with Crippen LogP contribution in [0.4, 0.5) is 0 Å². The quantitative estimate of drug-likeness (QED) is 0.887. The molecule has 0 radical (unpaired) electrons. The van der Waals surface area contributed by atoms with Crippen molar-refractivity contribution in [1.29, 1.82) is 0 Å². The van der Waals surface area contributed by atoms with Gasteiger partial charge >= 0.3 is 0 Å². The maximum absolute atomic E-state index is 11.7. The first-order valence-corrected chi connectivity index (χ1v) is 6.75. The molecule has 0 aliphatic rings. The van der Waals surface area contributed by atoms with Gasteiger partial charge in [0.25, 0.3) is 0 Å². The van der Waals surface area contributed by atoms with E-state index in [-0.39, 0.29) is 17.4 Å². The molecule has 1 aromatic heterocycles.